The number of hydrogen-bond donors (Lipinski definition) is 3. The number of carbonyl (C=O) groups excluding carboxylic acids is 1. The fourth-order valence-electron chi connectivity index (χ4n) is 1.25. The number of nitrogens with two attached hydrogens (primary N) is 1. The molecular formula is C10H15ClN4O3S. The summed E-state index contributed by atoms with van der Waals surface area (Å²) in [6.07, 6.45) is 1.53. The van der Waals surface area contributed by atoms with E-state index in [1.54, 1.807) is 0 Å². The van der Waals surface area contributed by atoms with Crippen molar-refractivity contribution in [3.05, 3.63) is 22.8 Å². The summed E-state index contributed by atoms with van der Waals surface area (Å²) in [4.78, 5) is 15.6. The number of sulfonamides is 1. The van der Waals surface area contributed by atoms with Gasteiger partial charge in [0.15, 0.2) is 0 Å². The van der Waals surface area contributed by atoms with Crippen LogP contribution in [-0.2, 0) is 10.0 Å². The van der Waals surface area contributed by atoms with Gasteiger partial charge in [-0.1, -0.05) is 11.6 Å². The lowest BCUT2D eigenvalue weighted by Gasteiger charge is -2.06. The van der Waals surface area contributed by atoms with Crippen LogP contribution in [0.15, 0.2) is 12.1 Å². The third-order valence-corrected chi connectivity index (χ3v) is 3.12. The third-order valence-electron chi connectivity index (χ3n) is 2.09. The number of hydrogen-bond acceptors (Lipinski definition) is 5. The second kappa shape index (κ2) is 6.69. The number of nitrogen functional groups attached to an aromatic ring is 1. The number of amides is 1. The van der Waals surface area contributed by atoms with Crippen LogP contribution in [0.3, 0.4) is 0 Å². The lowest BCUT2D eigenvalue weighted by Crippen LogP contribution is -2.30. The Labute approximate surface area is 116 Å². The average Bonchev–Trinajstić information content (AvgIpc) is 2.30. The molecule has 1 aromatic heterocycles. The van der Waals surface area contributed by atoms with Gasteiger partial charge < -0.3 is 11.1 Å². The van der Waals surface area contributed by atoms with Crippen LogP contribution in [0.5, 0.6) is 0 Å². The van der Waals surface area contributed by atoms with Crippen molar-refractivity contribution in [3.8, 4) is 0 Å². The van der Waals surface area contributed by atoms with Gasteiger partial charge >= 0.3 is 0 Å². The summed E-state index contributed by atoms with van der Waals surface area (Å²) in [6, 6.07) is 2.99. The topological polar surface area (TPSA) is 114 Å². The minimum atomic E-state index is -3.20. The standard InChI is InChI=1S/C10H15ClN4O3S/c1-19(17,18)14-6-2-5-13-10(16)9-7(11)3-4-8(12)15-9/h3-4,14H,2,5-6H2,1H3,(H2,12,15)(H,13,16). The first-order valence-corrected chi connectivity index (χ1v) is 7.71. The van der Waals surface area contributed by atoms with Gasteiger partial charge in [-0.25, -0.2) is 18.1 Å². The molecule has 106 valence electrons. The number of pyridine rings is 1. The van der Waals surface area contributed by atoms with Gasteiger partial charge in [-0.15, -0.1) is 0 Å². The molecule has 9 heteroatoms. The number of aromatic nitrogens is 1. The Hall–Kier alpha value is -1.38. The molecule has 1 aromatic rings. The van der Waals surface area contributed by atoms with E-state index in [-0.39, 0.29) is 23.1 Å². The van der Waals surface area contributed by atoms with Crippen LogP contribution in [-0.4, -0.2) is 38.7 Å². The molecule has 0 aliphatic rings. The van der Waals surface area contributed by atoms with E-state index in [2.05, 4.69) is 15.0 Å². The Morgan fingerprint density at radius 2 is 2.11 bits per heavy atom. The maximum absolute atomic E-state index is 11.7. The average molecular weight is 307 g/mol. The number of nitrogens with one attached hydrogen (secondary N) is 2. The highest BCUT2D eigenvalue weighted by Crippen LogP contribution is 2.14. The molecule has 0 fully saturated rings. The molecule has 0 saturated carbocycles. The molecule has 0 aliphatic carbocycles. The Balaban J connectivity index is 2.42. The number of halogens is 1. The van der Waals surface area contributed by atoms with Crippen molar-refractivity contribution in [2.45, 2.75) is 6.42 Å². The number of nitrogens with zero attached hydrogens (tertiary/aromatic N) is 1. The summed E-state index contributed by atoms with van der Waals surface area (Å²) in [7, 11) is -3.20. The van der Waals surface area contributed by atoms with Crippen LogP contribution >= 0.6 is 11.6 Å². The van der Waals surface area contributed by atoms with Gasteiger partial charge in [-0.05, 0) is 18.6 Å². The normalized spacial score (nSPS) is 11.3. The van der Waals surface area contributed by atoms with E-state index in [1.165, 1.54) is 12.1 Å². The highest BCUT2D eigenvalue weighted by molar-refractivity contribution is 7.88. The SMILES string of the molecule is CS(=O)(=O)NCCCNC(=O)c1nc(N)ccc1Cl. The van der Waals surface area contributed by atoms with Gasteiger partial charge in [0.2, 0.25) is 10.0 Å². The summed E-state index contributed by atoms with van der Waals surface area (Å²) < 4.78 is 23.9. The smallest absolute Gasteiger partial charge is 0.271 e. The predicted molar refractivity (Wildman–Crippen MR) is 73.5 cm³/mol. The van der Waals surface area contributed by atoms with Gasteiger partial charge in [0.1, 0.15) is 11.5 Å². The molecule has 7 nitrogen and oxygen atoms in total. The van der Waals surface area contributed by atoms with Crippen LogP contribution in [0.25, 0.3) is 0 Å². The Morgan fingerprint density at radius 3 is 2.74 bits per heavy atom. The minimum absolute atomic E-state index is 0.0535. The van der Waals surface area contributed by atoms with Crippen molar-refractivity contribution in [1.82, 2.24) is 15.0 Å². The molecule has 0 saturated heterocycles. The van der Waals surface area contributed by atoms with Gasteiger partial charge in [-0.2, -0.15) is 0 Å². The van der Waals surface area contributed by atoms with E-state index >= 15 is 0 Å². The second-order valence-corrected chi connectivity index (χ2v) is 6.08. The zero-order valence-electron chi connectivity index (χ0n) is 10.3. The zero-order chi connectivity index (χ0) is 14.5. The largest absolute Gasteiger partial charge is 0.384 e. The predicted octanol–water partition coefficient (Wildman–Crippen LogP) is -0.0137. The molecule has 0 unspecified atom stereocenters. The molecule has 0 radical (unpaired) electrons. The lowest BCUT2D eigenvalue weighted by atomic mass is 10.3. The molecule has 0 spiro atoms. The van der Waals surface area contributed by atoms with Crippen molar-refractivity contribution >= 4 is 33.3 Å². The van der Waals surface area contributed by atoms with E-state index in [1.807, 2.05) is 0 Å². The molecule has 4 N–H and O–H groups in total. The van der Waals surface area contributed by atoms with Crippen molar-refractivity contribution in [1.29, 1.82) is 0 Å². The Kier molecular flexibility index (Phi) is 5.52. The van der Waals surface area contributed by atoms with Crippen molar-refractivity contribution < 1.29 is 13.2 Å². The van der Waals surface area contributed by atoms with Gasteiger partial charge in [0.25, 0.3) is 5.91 Å². The molecule has 0 bridgehead atoms. The van der Waals surface area contributed by atoms with E-state index < -0.39 is 15.9 Å². The molecule has 0 aromatic carbocycles. The van der Waals surface area contributed by atoms with Crippen LogP contribution in [0.1, 0.15) is 16.9 Å². The van der Waals surface area contributed by atoms with Crippen LogP contribution < -0.4 is 15.8 Å². The molecule has 0 atom stereocenters. The molecule has 19 heavy (non-hydrogen) atoms. The highest BCUT2D eigenvalue weighted by atomic mass is 35.5. The number of anilines is 1. The van der Waals surface area contributed by atoms with Gasteiger partial charge in [0.05, 0.1) is 11.3 Å². The Bertz CT molecular complexity index is 562. The van der Waals surface area contributed by atoms with Crippen molar-refractivity contribution in [2.24, 2.45) is 0 Å². The van der Waals surface area contributed by atoms with E-state index in [0.29, 0.717) is 13.0 Å². The van der Waals surface area contributed by atoms with E-state index in [0.717, 1.165) is 6.26 Å². The second-order valence-electron chi connectivity index (χ2n) is 3.84. The summed E-state index contributed by atoms with van der Waals surface area (Å²) in [6.45, 7) is 0.547. The summed E-state index contributed by atoms with van der Waals surface area (Å²) in [5.74, 6) is -0.245. The van der Waals surface area contributed by atoms with E-state index in [4.69, 9.17) is 17.3 Å². The number of carbonyl (C=O) groups is 1. The maximum Gasteiger partial charge on any atom is 0.271 e. The minimum Gasteiger partial charge on any atom is -0.384 e. The van der Waals surface area contributed by atoms with Crippen LogP contribution in [0, 0.1) is 0 Å². The summed E-state index contributed by atoms with van der Waals surface area (Å²) in [5.41, 5.74) is 5.52. The molecule has 1 heterocycles. The Morgan fingerprint density at radius 1 is 1.42 bits per heavy atom. The van der Waals surface area contributed by atoms with Crippen molar-refractivity contribution in [3.63, 3.8) is 0 Å². The first kappa shape index (κ1) is 15.7. The summed E-state index contributed by atoms with van der Waals surface area (Å²) in [5, 5.41) is 2.79. The molecule has 1 amide bonds. The summed E-state index contributed by atoms with van der Waals surface area (Å²) >= 11 is 5.82. The fraction of sp³-hybridized carbons (Fsp3) is 0.400. The van der Waals surface area contributed by atoms with Gasteiger partial charge in [-0.3, -0.25) is 4.79 Å². The highest BCUT2D eigenvalue weighted by Gasteiger charge is 2.11. The fourth-order valence-corrected chi connectivity index (χ4v) is 1.95. The molecular weight excluding hydrogens is 292 g/mol. The zero-order valence-corrected chi connectivity index (χ0v) is 11.9. The third kappa shape index (κ3) is 5.86. The van der Waals surface area contributed by atoms with E-state index in [9.17, 15) is 13.2 Å². The van der Waals surface area contributed by atoms with Crippen LogP contribution in [0.4, 0.5) is 5.82 Å². The first-order chi connectivity index (χ1) is 8.79. The maximum atomic E-state index is 11.7. The quantitative estimate of drug-likeness (QED) is 0.639. The molecule has 1 rings (SSSR count). The van der Waals surface area contributed by atoms with Crippen molar-refractivity contribution in [2.75, 3.05) is 25.1 Å². The van der Waals surface area contributed by atoms with Gasteiger partial charge in [0, 0.05) is 13.1 Å². The first-order valence-electron chi connectivity index (χ1n) is 5.44. The molecule has 0 aliphatic heterocycles. The van der Waals surface area contributed by atoms with Crippen LogP contribution in [0.2, 0.25) is 5.02 Å². The monoisotopic (exact) mass is 306 g/mol. The lowest BCUT2D eigenvalue weighted by molar-refractivity contribution is 0.0949. The number of rotatable bonds is 6.